The Labute approximate surface area is 158 Å². The second kappa shape index (κ2) is 7.64. The maximum absolute atomic E-state index is 12.5. The minimum Gasteiger partial charge on any atom is -0.357 e. The molecular weight excluding hydrogens is 395 g/mol. The fraction of sp³-hybridized carbons (Fsp3) is 0.167. The van der Waals surface area contributed by atoms with Gasteiger partial charge in [-0.15, -0.1) is 0 Å². The fourth-order valence-corrected chi connectivity index (χ4v) is 3.62. The molecule has 3 rings (SSSR count). The monoisotopic (exact) mass is 411 g/mol. The lowest BCUT2D eigenvalue weighted by Crippen LogP contribution is -2.33. The molecule has 0 aliphatic carbocycles. The molecule has 0 saturated heterocycles. The van der Waals surface area contributed by atoms with Crippen LogP contribution in [0.15, 0.2) is 59.5 Å². The van der Waals surface area contributed by atoms with Crippen LogP contribution in [0.5, 0.6) is 0 Å². The molecule has 0 radical (unpaired) electrons. The van der Waals surface area contributed by atoms with Crippen LogP contribution in [0, 0.1) is 0 Å². The number of hydrogen-bond donors (Lipinski definition) is 3. The summed E-state index contributed by atoms with van der Waals surface area (Å²) in [7, 11) is -3.97. The molecule has 10 heteroatoms. The summed E-state index contributed by atoms with van der Waals surface area (Å²) in [5.74, 6) is -1.01. The quantitative estimate of drug-likeness (QED) is 0.583. The van der Waals surface area contributed by atoms with E-state index in [2.05, 4.69) is 9.71 Å². The summed E-state index contributed by atoms with van der Waals surface area (Å²) in [6.45, 7) is -1.51. The smallest absolute Gasteiger partial charge is 0.357 e. The van der Waals surface area contributed by atoms with Crippen molar-refractivity contribution < 1.29 is 26.4 Å². The third-order valence-electron chi connectivity index (χ3n) is 3.89. The van der Waals surface area contributed by atoms with Crippen molar-refractivity contribution in [2.24, 2.45) is 0 Å². The average molecular weight is 411 g/mol. The summed E-state index contributed by atoms with van der Waals surface area (Å²) in [5.41, 5.74) is 1.32. The van der Waals surface area contributed by atoms with Crippen LogP contribution in [0.2, 0.25) is 0 Å². The van der Waals surface area contributed by atoms with E-state index in [4.69, 9.17) is 0 Å². The number of para-hydroxylation sites is 1. The largest absolute Gasteiger partial charge is 0.405 e. The van der Waals surface area contributed by atoms with Crippen molar-refractivity contribution in [2.75, 3.05) is 6.54 Å². The van der Waals surface area contributed by atoms with Crippen LogP contribution in [0.25, 0.3) is 10.9 Å². The molecule has 0 fully saturated rings. The first-order valence-electron chi connectivity index (χ1n) is 8.15. The van der Waals surface area contributed by atoms with Crippen molar-refractivity contribution in [1.82, 2.24) is 15.0 Å². The van der Waals surface area contributed by atoms with Crippen molar-refractivity contribution in [1.29, 1.82) is 0 Å². The van der Waals surface area contributed by atoms with Gasteiger partial charge in [0.2, 0.25) is 10.0 Å². The number of sulfonamides is 1. The Kier molecular flexibility index (Phi) is 5.43. The van der Waals surface area contributed by atoms with Crippen LogP contribution in [0.4, 0.5) is 13.2 Å². The summed E-state index contributed by atoms with van der Waals surface area (Å²) >= 11 is 0. The van der Waals surface area contributed by atoms with Crippen LogP contribution < -0.4 is 10.0 Å². The summed E-state index contributed by atoms with van der Waals surface area (Å²) in [4.78, 5) is 14.7. The van der Waals surface area contributed by atoms with Gasteiger partial charge in [-0.2, -0.15) is 13.2 Å². The van der Waals surface area contributed by atoms with Crippen molar-refractivity contribution in [2.45, 2.75) is 17.6 Å². The second-order valence-electron chi connectivity index (χ2n) is 6.03. The fourth-order valence-electron chi connectivity index (χ4n) is 2.57. The molecule has 148 valence electrons. The number of amides is 1. The highest BCUT2D eigenvalue weighted by Crippen LogP contribution is 2.17. The highest BCUT2D eigenvalue weighted by Gasteiger charge is 2.28. The molecule has 0 unspecified atom stereocenters. The molecule has 3 aromatic rings. The Hall–Kier alpha value is -2.85. The first-order chi connectivity index (χ1) is 13.1. The number of hydrogen-bond acceptors (Lipinski definition) is 3. The minimum atomic E-state index is -4.56. The summed E-state index contributed by atoms with van der Waals surface area (Å²) in [6.07, 6.45) is -4.56. The van der Waals surface area contributed by atoms with E-state index in [0.29, 0.717) is 5.69 Å². The lowest BCUT2D eigenvalue weighted by molar-refractivity contribution is -0.123. The van der Waals surface area contributed by atoms with E-state index in [-0.39, 0.29) is 17.0 Å². The standard InChI is InChI=1S/C18H16F3N3O3S/c19-18(20,21)11-22-17(25)13-5-3-6-15(9-13)28(26,27)23-10-14-8-12-4-1-2-7-16(12)24-14/h1-9,23-24H,10-11H2,(H,22,25). The SMILES string of the molecule is O=C(NCC(F)(F)F)c1cccc(S(=O)(=O)NCc2cc3ccccc3[nH]2)c1. The Morgan fingerprint density at radius 3 is 2.50 bits per heavy atom. The number of aromatic nitrogens is 1. The molecule has 0 atom stereocenters. The molecule has 0 aliphatic heterocycles. The van der Waals surface area contributed by atoms with Crippen LogP contribution in [-0.2, 0) is 16.6 Å². The topological polar surface area (TPSA) is 91.1 Å². The van der Waals surface area contributed by atoms with Gasteiger partial charge in [-0.1, -0.05) is 24.3 Å². The lowest BCUT2D eigenvalue weighted by atomic mass is 10.2. The van der Waals surface area contributed by atoms with Gasteiger partial charge in [0.25, 0.3) is 5.91 Å². The van der Waals surface area contributed by atoms with Crippen molar-refractivity contribution in [3.63, 3.8) is 0 Å². The number of carbonyl (C=O) groups is 1. The first kappa shape index (κ1) is 19.9. The van der Waals surface area contributed by atoms with E-state index < -0.39 is 28.7 Å². The van der Waals surface area contributed by atoms with Crippen molar-refractivity contribution >= 4 is 26.8 Å². The van der Waals surface area contributed by atoms with Gasteiger partial charge >= 0.3 is 6.18 Å². The van der Waals surface area contributed by atoms with E-state index in [1.165, 1.54) is 18.2 Å². The zero-order valence-corrected chi connectivity index (χ0v) is 15.2. The van der Waals surface area contributed by atoms with Gasteiger partial charge in [0, 0.05) is 16.8 Å². The molecule has 28 heavy (non-hydrogen) atoms. The van der Waals surface area contributed by atoms with E-state index in [0.717, 1.165) is 17.0 Å². The highest BCUT2D eigenvalue weighted by atomic mass is 32.2. The Bertz CT molecular complexity index is 1070. The molecule has 1 aromatic heterocycles. The molecule has 0 saturated carbocycles. The van der Waals surface area contributed by atoms with Crippen LogP contribution in [0.1, 0.15) is 16.1 Å². The zero-order valence-electron chi connectivity index (χ0n) is 14.4. The number of rotatable bonds is 6. The van der Waals surface area contributed by atoms with Gasteiger partial charge in [0.15, 0.2) is 0 Å². The van der Waals surface area contributed by atoms with Gasteiger partial charge in [-0.3, -0.25) is 4.79 Å². The Morgan fingerprint density at radius 2 is 1.79 bits per heavy atom. The van der Waals surface area contributed by atoms with Crippen molar-refractivity contribution in [3.05, 3.63) is 65.9 Å². The molecule has 6 nitrogen and oxygen atoms in total. The number of nitrogens with one attached hydrogen (secondary N) is 3. The van der Waals surface area contributed by atoms with Crippen LogP contribution >= 0.6 is 0 Å². The van der Waals surface area contributed by atoms with Gasteiger partial charge in [-0.25, -0.2) is 13.1 Å². The summed E-state index contributed by atoms with van der Waals surface area (Å²) < 4.78 is 64.0. The molecular formula is C18H16F3N3O3S. The third kappa shape index (κ3) is 4.90. The summed E-state index contributed by atoms with van der Waals surface area (Å²) in [5, 5.41) is 2.64. The van der Waals surface area contributed by atoms with E-state index in [9.17, 15) is 26.4 Å². The normalized spacial score (nSPS) is 12.2. The maximum atomic E-state index is 12.5. The zero-order chi connectivity index (χ0) is 20.4. The molecule has 1 amide bonds. The third-order valence-corrected chi connectivity index (χ3v) is 5.29. The number of alkyl halides is 3. The van der Waals surface area contributed by atoms with Gasteiger partial charge < -0.3 is 10.3 Å². The number of halogens is 3. The first-order valence-corrected chi connectivity index (χ1v) is 9.64. The predicted octanol–water partition coefficient (Wildman–Crippen LogP) is 2.94. The predicted molar refractivity (Wildman–Crippen MR) is 97.2 cm³/mol. The minimum absolute atomic E-state index is 0.0124. The lowest BCUT2D eigenvalue weighted by Gasteiger charge is -2.10. The van der Waals surface area contributed by atoms with E-state index >= 15 is 0 Å². The number of H-pyrrole nitrogens is 1. The summed E-state index contributed by atoms with van der Waals surface area (Å²) in [6, 6.07) is 14.1. The number of benzene rings is 2. The molecule has 0 aliphatic rings. The number of aromatic amines is 1. The Morgan fingerprint density at radius 1 is 1.04 bits per heavy atom. The van der Waals surface area contributed by atoms with Gasteiger partial charge in [0.1, 0.15) is 6.54 Å². The van der Waals surface area contributed by atoms with Gasteiger partial charge in [-0.05, 0) is 35.7 Å². The number of fused-ring (bicyclic) bond motifs is 1. The van der Waals surface area contributed by atoms with E-state index in [1.54, 1.807) is 11.4 Å². The van der Waals surface area contributed by atoms with Crippen LogP contribution in [0.3, 0.4) is 0 Å². The Balaban J connectivity index is 1.71. The second-order valence-corrected chi connectivity index (χ2v) is 7.80. The van der Waals surface area contributed by atoms with Crippen molar-refractivity contribution in [3.8, 4) is 0 Å². The molecule has 3 N–H and O–H groups in total. The van der Waals surface area contributed by atoms with Crippen LogP contribution in [-0.4, -0.2) is 32.0 Å². The molecule has 1 heterocycles. The van der Waals surface area contributed by atoms with E-state index in [1.807, 2.05) is 24.3 Å². The molecule has 0 bridgehead atoms. The molecule has 2 aromatic carbocycles. The molecule has 0 spiro atoms. The average Bonchev–Trinajstić information content (AvgIpc) is 3.07. The van der Waals surface area contributed by atoms with Gasteiger partial charge in [0.05, 0.1) is 11.4 Å². The maximum Gasteiger partial charge on any atom is 0.405 e. The highest BCUT2D eigenvalue weighted by molar-refractivity contribution is 7.89. The number of carbonyl (C=O) groups excluding carboxylic acids is 1.